The van der Waals surface area contributed by atoms with Crippen LogP contribution in [-0.4, -0.2) is 10.5 Å². The summed E-state index contributed by atoms with van der Waals surface area (Å²) in [6, 6.07) is 0. The Morgan fingerprint density at radius 1 is 1.38 bits per heavy atom. The molecule has 2 aliphatic carbocycles. The summed E-state index contributed by atoms with van der Waals surface area (Å²) in [5, 5.41) is 1.17. The van der Waals surface area contributed by atoms with Gasteiger partial charge in [0.2, 0.25) is 0 Å². The van der Waals surface area contributed by atoms with Crippen LogP contribution >= 0.6 is 11.3 Å². The minimum absolute atomic E-state index is 0.145. The van der Waals surface area contributed by atoms with Crippen molar-refractivity contribution in [2.45, 2.75) is 43.6 Å². The highest BCUT2D eigenvalue weighted by Gasteiger charge is 2.64. The van der Waals surface area contributed by atoms with E-state index in [4.69, 9.17) is 5.73 Å². The van der Waals surface area contributed by atoms with Crippen molar-refractivity contribution in [1.29, 1.82) is 0 Å². The topological polar surface area (TPSA) is 38.9 Å². The van der Waals surface area contributed by atoms with Crippen LogP contribution in [0.25, 0.3) is 0 Å². The fourth-order valence-electron chi connectivity index (χ4n) is 2.31. The van der Waals surface area contributed by atoms with Crippen molar-refractivity contribution in [2.24, 2.45) is 5.73 Å². The number of hydrogen-bond donors (Lipinski definition) is 1. The molecule has 2 N–H and O–H groups in total. The van der Waals surface area contributed by atoms with Gasteiger partial charge < -0.3 is 5.73 Å². The van der Waals surface area contributed by atoms with E-state index < -0.39 is 0 Å². The van der Waals surface area contributed by atoms with E-state index in [-0.39, 0.29) is 5.54 Å². The summed E-state index contributed by atoms with van der Waals surface area (Å²) in [6.07, 6.45) is 7.03. The summed E-state index contributed by atoms with van der Waals surface area (Å²) in [5.41, 5.74) is 6.80. The van der Waals surface area contributed by atoms with E-state index in [1.165, 1.54) is 35.6 Å². The molecule has 0 amide bonds. The van der Waals surface area contributed by atoms with Gasteiger partial charge in [0.05, 0.1) is 5.01 Å². The fraction of sp³-hybridized carbons (Fsp3) is 0.700. The molecule has 0 bridgehead atoms. The van der Waals surface area contributed by atoms with Crippen molar-refractivity contribution in [1.82, 2.24) is 4.98 Å². The molecule has 3 heteroatoms. The molecule has 2 nitrogen and oxygen atoms in total. The standard InChI is InChI=1S/C10H14N2S/c1-7-12-6-8(13-7)9(2-3-9)10(11)4-5-10/h6H,2-5,11H2,1H3. The number of hydrogen-bond acceptors (Lipinski definition) is 3. The maximum Gasteiger partial charge on any atom is 0.0896 e. The van der Waals surface area contributed by atoms with Gasteiger partial charge in [-0.15, -0.1) is 11.3 Å². The van der Waals surface area contributed by atoms with E-state index in [0.29, 0.717) is 5.41 Å². The summed E-state index contributed by atoms with van der Waals surface area (Å²) in [6.45, 7) is 2.07. The van der Waals surface area contributed by atoms with Gasteiger partial charge in [0.1, 0.15) is 0 Å². The van der Waals surface area contributed by atoms with Crippen molar-refractivity contribution >= 4 is 11.3 Å². The van der Waals surface area contributed by atoms with Crippen LogP contribution in [0.2, 0.25) is 0 Å². The molecule has 0 radical (unpaired) electrons. The van der Waals surface area contributed by atoms with Crippen molar-refractivity contribution < 1.29 is 0 Å². The molecule has 0 spiro atoms. The van der Waals surface area contributed by atoms with Gasteiger partial charge >= 0.3 is 0 Å². The highest BCUT2D eigenvalue weighted by atomic mass is 32.1. The maximum absolute atomic E-state index is 6.31. The highest BCUT2D eigenvalue weighted by Crippen LogP contribution is 2.64. The first-order valence-corrected chi connectivity index (χ1v) is 5.70. The first-order valence-electron chi connectivity index (χ1n) is 4.88. The van der Waals surface area contributed by atoms with Crippen LogP contribution in [0.3, 0.4) is 0 Å². The number of nitrogens with zero attached hydrogens (tertiary/aromatic N) is 1. The van der Waals surface area contributed by atoms with Gasteiger partial charge in [-0.05, 0) is 32.6 Å². The van der Waals surface area contributed by atoms with E-state index in [1.807, 2.05) is 17.5 Å². The number of thiazole rings is 1. The molecule has 2 saturated carbocycles. The van der Waals surface area contributed by atoms with Crippen LogP contribution in [0.4, 0.5) is 0 Å². The third-order valence-corrected chi connectivity index (χ3v) is 4.70. The zero-order valence-electron chi connectivity index (χ0n) is 7.84. The fourth-order valence-corrected chi connectivity index (χ4v) is 3.44. The minimum Gasteiger partial charge on any atom is -0.324 e. The molecule has 0 aliphatic heterocycles. The molecule has 2 aliphatic rings. The SMILES string of the molecule is Cc1ncc(C2(C3(N)CC3)CC2)s1. The first-order chi connectivity index (χ1) is 6.16. The van der Waals surface area contributed by atoms with Crippen molar-refractivity contribution in [3.8, 4) is 0 Å². The van der Waals surface area contributed by atoms with Crippen molar-refractivity contribution in [3.05, 3.63) is 16.1 Å². The number of nitrogens with two attached hydrogens (primary N) is 1. The predicted octanol–water partition coefficient (Wildman–Crippen LogP) is 1.97. The molecule has 13 heavy (non-hydrogen) atoms. The molecular formula is C10H14N2S. The molecule has 0 unspecified atom stereocenters. The molecule has 2 fully saturated rings. The molecular weight excluding hydrogens is 180 g/mol. The molecule has 0 atom stereocenters. The second-order valence-corrected chi connectivity index (χ2v) is 5.72. The summed E-state index contributed by atoms with van der Waals surface area (Å²) in [5.74, 6) is 0. The molecule has 0 saturated heterocycles. The Kier molecular flexibility index (Phi) is 1.31. The Hall–Kier alpha value is -0.410. The summed E-state index contributed by atoms with van der Waals surface area (Å²) < 4.78 is 0. The highest BCUT2D eigenvalue weighted by molar-refractivity contribution is 7.11. The molecule has 1 heterocycles. The lowest BCUT2D eigenvalue weighted by molar-refractivity contribution is 0.510. The third kappa shape index (κ3) is 0.945. The lowest BCUT2D eigenvalue weighted by atomic mass is 9.93. The van der Waals surface area contributed by atoms with Crippen LogP contribution in [0, 0.1) is 6.92 Å². The van der Waals surface area contributed by atoms with Gasteiger partial charge in [0.25, 0.3) is 0 Å². The van der Waals surface area contributed by atoms with E-state index in [2.05, 4.69) is 11.9 Å². The van der Waals surface area contributed by atoms with Crippen LogP contribution < -0.4 is 5.73 Å². The third-order valence-electron chi connectivity index (χ3n) is 3.58. The maximum atomic E-state index is 6.31. The molecule has 1 aromatic heterocycles. The Balaban J connectivity index is 2.00. The number of rotatable bonds is 2. The van der Waals surface area contributed by atoms with Gasteiger partial charge in [0.15, 0.2) is 0 Å². The first kappa shape index (κ1) is 7.94. The second-order valence-electron chi connectivity index (χ2n) is 4.48. The number of aryl methyl sites for hydroxylation is 1. The van der Waals surface area contributed by atoms with Crippen LogP contribution in [0.15, 0.2) is 6.20 Å². The summed E-state index contributed by atoms with van der Waals surface area (Å²) in [4.78, 5) is 5.76. The predicted molar refractivity (Wildman–Crippen MR) is 53.9 cm³/mol. The van der Waals surface area contributed by atoms with Crippen LogP contribution in [0.1, 0.15) is 35.6 Å². The lowest BCUT2D eigenvalue weighted by Gasteiger charge is -2.20. The molecule has 70 valence electrons. The smallest absolute Gasteiger partial charge is 0.0896 e. The molecule has 1 aromatic rings. The van der Waals surface area contributed by atoms with Crippen molar-refractivity contribution in [3.63, 3.8) is 0 Å². The lowest BCUT2D eigenvalue weighted by Crippen LogP contribution is -2.36. The monoisotopic (exact) mass is 194 g/mol. The van der Waals surface area contributed by atoms with E-state index in [9.17, 15) is 0 Å². The summed E-state index contributed by atoms with van der Waals surface area (Å²) in [7, 11) is 0. The van der Waals surface area contributed by atoms with Crippen LogP contribution in [0.5, 0.6) is 0 Å². The van der Waals surface area contributed by atoms with Gasteiger partial charge in [-0.3, -0.25) is 0 Å². The zero-order chi connectivity index (χ0) is 9.10. The zero-order valence-corrected chi connectivity index (χ0v) is 8.66. The van der Waals surface area contributed by atoms with E-state index >= 15 is 0 Å². The normalized spacial score (nSPS) is 27.2. The average molecular weight is 194 g/mol. The van der Waals surface area contributed by atoms with E-state index in [1.54, 1.807) is 0 Å². The van der Waals surface area contributed by atoms with Crippen LogP contribution in [-0.2, 0) is 5.41 Å². The van der Waals surface area contributed by atoms with E-state index in [0.717, 1.165) is 0 Å². The molecule has 3 rings (SSSR count). The Morgan fingerprint density at radius 3 is 2.46 bits per heavy atom. The largest absolute Gasteiger partial charge is 0.324 e. The Morgan fingerprint density at radius 2 is 2.08 bits per heavy atom. The molecule has 0 aromatic carbocycles. The van der Waals surface area contributed by atoms with Gasteiger partial charge in [-0.25, -0.2) is 4.98 Å². The van der Waals surface area contributed by atoms with Crippen molar-refractivity contribution in [2.75, 3.05) is 0 Å². The minimum atomic E-state index is 0.145. The average Bonchev–Trinajstić information content (AvgIpc) is 2.97. The van der Waals surface area contributed by atoms with Gasteiger partial charge in [-0.1, -0.05) is 0 Å². The number of aromatic nitrogens is 1. The Labute approximate surface area is 82.2 Å². The van der Waals surface area contributed by atoms with Gasteiger partial charge in [0, 0.05) is 22.0 Å². The van der Waals surface area contributed by atoms with Gasteiger partial charge in [-0.2, -0.15) is 0 Å². The Bertz CT molecular complexity index is 348. The summed E-state index contributed by atoms with van der Waals surface area (Å²) >= 11 is 1.83. The quantitative estimate of drug-likeness (QED) is 0.781. The second kappa shape index (κ2) is 2.15.